The molecule has 3 heteroatoms. The number of allylic oxidation sites excluding steroid dienone is 2. The molecule has 184 valence electrons. The fourth-order valence-corrected chi connectivity index (χ4v) is 11.2. The molecule has 0 N–H and O–H groups in total. The zero-order valence-electron chi connectivity index (χ0n) is 21.2. The second kappa shape index (κ2) is 12.1. The summed E-state index contributed by atoms with van der Waals surface area (Å²) in [5.41, 5.74) is 14.8. The second-order valence-corrected chi connectivity index (χ2v) is 13.2. The Hall–Kier alpha value is -2.18. The molecule has 0 aromatic heterocycles. The monoisotopic (exact) mass is 598 g/mol. The van der Waals surface area contributed by atoms with Crippen molar-refractivity contribution in [3.8, 4) is 22.3 Å². The van der Waals surface area contributed by atoms with Gasteiger partial charge in [0.15, 0.2) is 0 Å². The summed E-state index contributed by atoms with van der Waals surface area (Å²) < 4.78 is 1.29. The van der Waals surface area contributed by atoms with Crippen molar-refractivity contribution in [3.63, 3.8) is 0 Å². The molecule has 0 saturated carbocycles. The van der Waals surface area contributed by atoms with Crippen LogP contribution in [0.2, 0.25) is 0 Å². The Morgan fingerprint density at radius 1 is 0.514 bits per heavy atom. The zero-order chi connectivity index (χ0) is 23.8. The average molecular weight is 601 g/mol. The van der Waals surface area contributed by atoms with Crippen molar-refractivity contribution in [1.29, 1.82) is 0 Å². The third kappa shape index (κ3) is 5.12. The van der Waals surface area contributed by atoms with E-state index in [4.69, 9.17) is 0 Å². The minimum absolute atomic E-state index is 0. The van der Waals surface area contributed by atoms with Crippen LogP contribution in [0.15, 0.2) is 108 Å². The van der Waals surface area contributed by atoms with Gasteiger partial charge in [-0.25, -0.2) is 0 Å². The quantitative estimate of drug-likeness (QED) is 0.318. The number of hydrogen-bond acceptors (Lipinski definition) is 0. The van der Waals surface area contributed by atoms with Crippen LogP contribution in [0, 0.1) is 0 Å². The number of fused-ring (bicyclic) bond motifs is 2. The summed E-state index contributed by atoms with van der Waals surface area (Å²) in [6.07, 6.45) is 7.36. The summed E-state index contributed by atoms with van der Waals surface area (Å²) in [7, 11) is 0. The molecule has 2 unspecified atom stereocenters. The Labute approximate surface area is 245 Å². The van der Waals surface area contributed by atoms with E-state index in [1.807, 2.05) is 0 Å². The van der Waals surface area contributed by atoms with Gasteiger partial charge in [0.1, 0.15) is 0 Å². The van der Waals surface area contributed by atoms with E-state index < -0.39 is 23.2 Å². The minimum atomic E-state index is -0.867. The summed E-state index contributed by atoms with van der Waals surface area (Å²) in [6.45, 7) is 4.69. The molecule has 0 nitrogen and oxygen atoms in total. The number of rotatable bonds is 6. The standard InChI is InChI=1S/2C17H15.2ClH.Zr/c2*1-2-13-11-15-9-6-10-16(17(15)12-13)14-7-4-3-5-8-14;;;/h2*3-12H,2H2,1H3;2*1H;/q;;;;+2/p-2. The minimum Gasteiger partial charge on any atom is -1.00 e. The van der Waals surface area contributed by atoms with E-state index in [0.717, 1.165) is 12.8 Å². The number of halogens is 2. The number of benzene rings is 4. The van der Waals surface area contributed by atoms with E-state index >= 15 is 0 Å². The van der Waals surface area contributed by atoms with Crippen molar-refractivity contribution in [3.05, 3.63) is 130 Å². The molecule has 0 heterocycles. The first-order chi connectivity index (χ1) is 17.3. The Bertz CT molecular complexity index is 1330. The molecule has 37 heavy (non-hydrogen) atoms. The fraction of sp³-hybridized carbons (Fsp3) is 0.176. The molecule has 0 aliphatic heterocycles. The Kier molecular flexibility index (Phi) is 9.12. The Balaban J connectivity index is 0.00000160. The molecule has 0 saturated heterocycles. The summed E-state index contributed by atoms with van der Waals surface area (Å²) in [6, 6.07) is 35.8. The molecule has 4 aromatic rings. The topological polar surface area (TPSA) is 0 Å². The van der Waals surface area contributed by atoms with Gasteiger partial charge >= 0.3 is 222 Å². The van der Waals surface area contributed by atoms with Crippen molar-refractivity contribution < 1.29 is 48.0 Å². The zero-order valence-corrected chi connectivity index (χ0v) is 25.2. The molecule has 0 bridgehead atoms. The third-order valence-corrected chi connectivity index (χ3v) is 12.6. The van der Waals surface area contributed by atoms with Gasteiger partial charge < -0.3 is 24.8 Å². The molecule has 2 atom stereocenters. The molecule has 0 spiro atoms. The van der Waals surface area contributed by atoms with Crippen LogP contribution in [0.3, 0.4) is 0 Å². The van der Waals surface area contributed by atoms with Gasteiger partial charge in [-0.05, 0) is 0 Å². The molecule has 2 aliphatic carbocycles. The maximum Gasteiger partial charge on any atom is -1.00 e. The van der Waals surface area contributed by atoms with Crippen LogP contribution in [0.5, 0.6) is 0 Å². The van der Waals surface area contributed by atoms with Crippen molar-refractivity contribution >= 4 is 12.2 Å². The maximum atomic E-state index is 2.54. The van der Waals surface area contributed by atoms with Crippen LogP contribution >= 0.6 is 0 Å². The predicted octanol–water partition coefficient (Wildman–Crippen LogP) is 3.51. The van der Waals surface area contributed by atoms with Crippen LogP contribution in [-0.4, -0.2) is 0 Å². The van der Waals surface area contributed by atoms with Crippen LogP contribution in [0.1, 0.15) is 56.2 Å². The van der Waals surface area contributed by atoms with E-state index in [1.165, 1.54) is 33.4 Å². The van der Waals surface area contributed by atoms with Crippen molar-refractivity contribution in [2.24, 2.45) is 0 Å². The third-order valence-electron chi connectivity index (χ3n) is 7.62. The first-order valence-electron chi connectivity index (χ1n) is 12.8. The SMILES string of the molecule is CCC1=Cc2c(-c3ccccc3)cccc2[CH]1[Zr+2][CH]1C(CC)=Cc2c(-c3ccccc3)cccc21.[Cl-].[Cl-]. The van der Waals surface area contributed by atoms with Crippen LogP contribution in [0.25, 0.3) is 34.4 Å². The predicted molar refractivity (Wildman–Crippen MR) is 146 cm³/mol. The summed E-state index contributed by atoms with van der Waals surface area (Å²) in [4.78, 5) is 0. The Morgan fingerprint density at radius 2 is 0.919 bits per heavy atom. The fourth-order valence-electron chi connectivity index (χ4n) is 5.84. The summed E-state index contributed by atoms with van der Waals surface area (Å²) >= 11 is -0.867. The maximum absolute atomic E-state index is 2.54. The van der Waals surface area contributed by atoms with Gasteiger partial charge in [-0.3, -0.25) is 0 Å². The van der Waals surface area contributed by atoms with Crippen LogP contribution in [0.4, 0.5) is 0 Å². The van der Waals surface area contributed by atoms with Gasteiger partial charge in [-0.15, -0.1) is 0 Å². The van der Waals surface area contributed by atoms with E-state index in [1.54, 1.807) is 22.3 Å². The molecule has 4 aromatic carbocycles. The van der Waals surface area contributed by atoms with Gasteiger partial charge in [0.25, 0.3) is 0 Å². The summed E-state index contributed by atoms with van der Waals surface area (Å²) in [5.74, 6) is 0. The van der Waals surface area contributed by atoms with Crippen LogP contribution in [-0.2, 0) is 23.2 Å². The normalized spacial score (nSPS) is 16.9. The Morgan fingerprint density at radius 3 is 1.30 bits per heavy atom. The van der Waals surface area contributed by atoms with Gasteiger partial charge in [-0.1, -0.05) is 0 Å². The molecule has 0 fully saturated rings. The van der Waals surface area contributed by atoms with Crippen molar-refractivity contribution in [1.82, 2.24) is 0 Å². The number of hydrogen-bond donors (Lipinski definition) is 0. The van der Waals surface area contributed by atoms with Crippen molar-refractivity contribution in [2.75, 3.05) is 0 Å². The molecule has 0 radical (unpaired) electrons. The van der Waals surface area contributed by atoms with Gasteiger partial charge in [-0.2, -0.15) is 0 Å². The smallest absolute Gasteiger partial charge is 1.00 e. The molecule has 0 amide bonds. The van der Waals surface area contributed by atoms with Crippen molar-refractivity contribution in [2.45, 2.75) is 33.9 Å². The van der Waals surface area contributed by atoms with Gasteiger partial charge in [0, 0.05) is 0 Å². The molecular formula is C34H30Cl2Zr. The average Bonchev–Trinajstić information content (AvgIpc) is 3.47. The second-order valence-electron chi connectivity index (χ2n) is 9.53. The van der Waals surface area contributed by atoms with E-state index in [-0.39, 0.29) is 24.8 Å². The first kappa shape index (κ1) is 27.8. The van der Waals surface area contributed by atoms with E-state index in [9.17, 15) is 0 Å². The van der Waals surface area contributed by atoms with E-state index in [2.05, 4.69) is 123 Å². The molecular weight excluding hydrogens is 571 g/mol. The summed E-state index contributed by atoms with van der Waals surface area (Å²) in [5, 5.41) is 0. The molecule has 2 aliphatic rings. The largest absolute Gasteiger partial charge is 1.00 e. The molecule has 6 rings (SSSR count). The van der Waals surface area contributed by atoms with Gasteiger partial charge in [0.05, 0.1) is 0 Å². The van der Waals surface area contributed by atoms with Gasteiger partial charge in [0.2, 0.25) is 0 Å². The van der Waals surface area contributed by atoms with E-state index in [0.29, 0.717) is 7.25 Å². The first-order valence-corrected chi connectivity index (χ1v) is 15.7. The van der Waals surface area contributed by atoms with Crippen LogP contribution < -0.4 is 24.8 Å².